The van der Waals surface area contributed by atoms with E-state index in [0.717, 1.165) is 28.4 Å². The molecule has 3 aromatic heterocycles. The molecule has 3 aromatic rings. The number of esters is 1. The lowest BCUT2D eigenvalue weighted by Gasteiger charge is -2.09. The van der Waals surface area contributed by atoms with Gasteiger partial charge in [-0.1, -0.05) is 11.2 Å². The van der Waals surface area contributed by atoms with E-state index in [1.807, 2.05) is 38.3 Å². The molecule has 0 aliphatic heterocycles. The van der Waals surface area contributed by atoms with Crippen molar-refractivity contribution in [1.82, 2.24) is 14.7 Å². The number of hydrogen-bond donors (Lipinski definition) is 0. The third-order valence-corrected chi connectivity index (χ3v) is 6.08. The number of carbonyl (C=O) groups excluding carboxylic acids is 2. The van der Waals surface area contributed by atoms with Crippen LogP contribution in [0.2, 0.25) is 0 Å². The first-order valence-corrected chi connectivity index (χ1v) is 10.8. The van der Waals surface area contributed by atoms with Crippen LogP contribution in [0.3, 0.4) is 0 Å². The van der Waals surface area contributed by atoms with Crippen LogP contribution in [-0.4, -0.2) is 33.1 Å². The Morgan fingerprint density at radius 2 is 2.03 bits per heavy atom. The molecule has 3 heterocycles. The van der Waals surface area contributed by atoms with Crippen molar-refractivity contribution < 1.29 is 18.8 Å². The van der Waals surface area contributed by atoms with Crippen LogP contribution in [-0.2, 0) is 17.0 Å². The molecule has 0 aromatic carbocycles. The van der Waals surface area contributed by atoms with Gasteiger partial charge < -0.3 is 13.8 Å². The molecular weight excluding hydrogens is 414 g/mol. The SMILES string of the molecule is C=CCn1c(C)cc(C(=O)COC(=O)c2cccnc2SCc2c(C)noc2C)c1C. The number of pyridine rings is 1. The second kappa shape index (κ2) is 9.78. The van der Waals surface area contributed by atoms with Crippen LogP contribution in [0.4, 0.5) is 0 Å². The Balaban J connectivity index is 1.68. The summed E-state index contributed by atoms with van der Waals surface area (Å²) in [4.78, 5) is 29.6. The summed E-state index contributed by atoms with van der Waals surface area (Å²) in [5.41, 5.74) is 4.44. The first-order valence-electron chi connectivity index (χ1n) is 9.81. The standard InChI is InChI=1S/C23H25N3O4S/c1-6-10-26-14(2)11-19(16(26)4)21(27)12-29-23(28)18-8-7-9-24-22(18)31-13-20-15(3)25-30-17(20)5/h6-9,11H,1,10,12-13H2,2-5H3. The van der Waals surface area contributed by atoms with E-state index in [1.165, 1.54) is 11.8 Å². The molecule has 0 spiro atoms. The maximum atomic E-state index is 12.7. The van der Waals surface area contributed by atoms with E-state index in [9.17, 15) is 9.59 Å². The molecule has 0 bridgehead atoms. The average Bonchev–Trinajstić information content (AvgIpc) is 3.23. The number of aromatic nitrogens is 3. The molecule has 0 aliphatic carbocycles. The Hall–Kier alpha value is -3.13. The molecule has 0 atom stereocenters. The molecule has 0 aliphatic rings. The van der Waals surface area contributed by atoms with Crippen LogP contribution < -0.4 is 0 Å². The number of aryl methyl sites for hydroxylation is 3. The topological polar surface area (TPSA) is 87.2 Å². The zero-order valence-electron chi connectivity index (χ0n) is 18.1. The maximum Gasteiger partial charge on any atom is 0.341 e. The maximum absolute atomic E-state index is 12.7. The Morgan fingerprint density at radius 1 is 1.26 bits per heavy atom. The molecule has 7 nitrogen and oxygen atoms in total. The largest absolute Gasteiger partial charge is 0.454 e. The summed E-state index contributed by atoms with van der Waals surface area (Å²) in [7, 11) is 0. The van der Waals surface area contributed by atoms with Gasteiger partial charge in [0.05, 0.1) is 11.3 Å². The molecule has 0 N–H and O–H groups in total. The highest BCUT2D eigenvalue weighted by molar-refractivity contribution is 7.98. The third kappa shape index (κ3) is 4.96. The van der Waals surface area contributed by atoms with Gasteiger partial charge >= 0.3 is 5.97 Å². The summed E-state index contributed by atoms with van der Waals surface area (Å²) in [6.07, 6.45) is 3.39. The Kier molecular flexibility index (Phi) is 7.12. The fourth-order valence-corrected chi connectivity index (χ4v) is 4.43. The summed E-state index contributed by atoms with van der Waals surface area (Å²) in [6.45, 7) is 11.5. The van der Waals surface area contributed by atoms with Crippen LogP contribution in [0, 0.1) is 27.7 Å². The number of rotatable bonds is 9. The van der Waals surface area contributed by atoms with Gasteiger partial charge in [-0.25, -0.2) is 9.78 Å². The summed E-state index contributed by atoms with van der Waals surface area (Å²) in [5.74, 6) is 0.477. The number of nitrogens with zero attached hydrogens (tertiary/aromatic N) is 3. The van der Waals surface area contributed by atoms with Crippen molar-refractivity contribution in [2.75, 3.05) is 6.61 Å². The van der Waals surface area contributed by atoms with E-state index < -0.39 is 5.97 Å². The van der Waals surface area contributed by atoms with Gasteiger partial charge in [-0.2, -0.15) is 0 Å². The minimum absolute atomic E-state index is 0.245. The lowest BCUT2D eigenvalue weighted by molar-refractivity contribution is 0.0470. The highest BCUT2D eigenvalue weighted by atomic mass is 32.2. The van der Waals surface area contributed by atoms with Gasteiger partial charge in [0.15, 0.2) is 6.61 Å². The van der Waals surface area contributed by atoms with Gasteiger partial charge in [-0.3, -0.25) is 4.79 Å². The molecule has 0 fully saturated rings. The van der Waals surface area contributed by atoms with E-state index in [2.05, 4.69) is 16.7 Å². The van der Waals surface area contributed by atoms with Crippen molar-refractivity contribution in [2.24, 2.45) is 0 Å². The molecule has 0 saturated carbocycles. The summed E-state index contributed by atoms with van der Waals surface area (Å²) in [6, 6.07) is 5.12. The summed E-state index contributed by atoms with van der Waals surface area (Å²) < 4.78 is 12.5. The van der Waals surface area contributed by atoms with Gasteiger partial charge in [0.2, 0.25) is 5.78 Å². The molecule has 0 radical (unpaired) electrons. The van der Waals surface area contributed by atoms with Crippen LogP contribution in [0.25, 0.3) is 0 Å². The first-order chi connectivity index (χ1) is 14.8. The van der Waals surface area contributed by atoms with Gasteiger partial charge in [0.1, 0.15) is 10.8 Å². The van der Waals surface area contributed by atoms with Crippen molar-refractivity contribution >= 4 is 23.5 Å². The zero-order chi connectivity index (χ0) is 22.5. The van der Waals surface area contributed by atoms with E-state index >= 15 is 0 Å². The molecular formula is C23H25N3O4S. The number of Topliss-reactive ketones (excluding diaryl/α,β-unsaturated/α-hetero) is 1. The highest BCUT2D eigenvalue weighted by Gasteiger charge is 2.20. The molecule has 0 unspecified atom stereocenters. The number of allylic oxidation sites excluding steroid dienone is 1. The van der Waals surface area contributed by atoms with E-state index in [1.54, 1.807) is 24.4 Å². The monoisotopic (exact) mass is 439 g/mol. The van der Waals surface area contributed by atoms with Crippen molar-refractivity contribution in [2.45, 2.75) is 45.0 Å². The van der Waals surface area contributed by atoms with Crippen LogP contribution in [0.1, 0.15) is 49.1 Å². The molecule has 0 amide bonds. The van der Waals surface area contributed by atoms with Crippen LogP contribution in [0.15, 0.2) is 46.6 Å². The molecule has 31 heavy (non-hydrogen) atoms. The van der Waals surface area contributed by atoms with Crippen molar-refractivity contribution in [3.8, 4) is 0 Å². The van der Waals surface area contributed by atoms with E-state index in [4.69, 9.17) is 9.26 Å². The number of ether oxygens (including phenoxy) is 1. The van der Waals surface area contributed by atoms with Crippen molar-refractivity contribution in [3.63, 3.8) is 0 Å². The minimum Gasteiger partial charge on any atom is -0.454 e. The fourth-order valence-electron chi connectivity index (χ4n) is 3.29. The second-order valence-electron chi connectivity index (χ2n) is 7.13. The second-order valence-corrected chi connectivity index (χ2v) is 8.09. The van der Waals surface area contributed by atoms with Crippen LogP contribution >= 0.6 is 11.8 Å². The lowest BCUT2D eigenvalue weighted by Crippen LogP contribution is -2.16. The van der Waals surface area contributed by atoms with Crippen LogP contribution in [0.5, 0.6) is 0 Å². The summed E-state index contributed by atoms with van der Waals surface area (Å²) in [5, 5.41) is 4.48. The normalized spacial score (nSPS) is 10.8. The molecule has 3 rings (SSSR count). The molecule has 8 heteroatoms. The predicted octanol–water partition coefficient (Wildman–Crippen LogP) is 4.62. The van der Waals surface area contributed by atoms with Gasteiger partial charge in [-0.15, -0.1) is 18.3 Å². The molecule has 0 saturated heterocycles. The Labute approximate surface area is 185 Å². The third-order valence-electron chi connectivity index (χ3n) is 5.05. The predicted molar refractivity (Wildman–Crippen MR) is 118 cm³/mol. The molecule has 162 valence electrons. The van der Waals surface area contributed by atoms with Gasteiger partial charge in [-0.05, 0) is 45.9 Å². The van der Waals surface area contributed by atoms with Crippen molar-refractivity contribution in [3.05, 3.63) is 76.6 Å². The number of hydrogen-bond acceptors (Lipinski definition) is 7. The lowest BCUT2D eigenvalue weighted by atomic mass is 10.1. The van der Waals surface area contributed by atoms with Crippen molar-refractivity contribution in [1.29, 1.82) is 0 Å². The first kappa shape index (κ1) is 22.6. The fraction of sp³-hybridized carbons (Fsp3) is 0.304. The Morgan fingerprint density at radius 3 is 2.71 bits per heavy atom. The quantitative estimate of drug-likeness (QED) is 0.208. The number of ketones is 1. The highest BCUT2D eigenvalue weighted by Crippen LogP contribution is 2.27. The average molecular weight is 440 g/mol. The zero-order valence-corrected chi connectivity index (χ0v) is 18.9. The minimum atomic E-state index is -0.581. The smallest absolute Gasteiger partial charge is 0.341 e. The summed E-state index contributed by atoms with van der Waals surface area (Å²) >= 11 is 1.40. The van der Waals surface area contributed by atoms with E-state index in [-0.39, 0.29) is 12.4 Å². The Bertz CT molecular complexity index is 1110. The number of thioether (sulfide) groups is 1. The van der Waals surface area contributed by atoms with E-state index in [0.29, 0.717) is 28.5 Å². The van der Waals surface area contributed by atoms with Gasteiger partial charge in [0.25, 0.3) is 0 Å². The van der Waals surface area contributed by atoms with Gasteiger partial charge in [0, 0.05) is 41.0 Å². The number of carbonyl (C=O) groups is 2.